The number of amides is 1. The first-order chi connectivity index (χ1) is 7.17. The van der Waals surface area contributed by atoms with Crippen LogP contribution in [-0.4, -0.2) is 24.5 Å². The van der Waals surface area contributed by atoms with Crippen LogP contribution in [0.25, 0.3) is 0 Å². The summed E-state index contributed by atoms with van der Waals surface area (Å²) in [5, 5.41) is 6.47. The van der Waals surface area contributed by atoms with Gasteiger partial charge < -0.3 is 10.6 Å². The number of hydrogen-bond acceptors (Lipinski definition) is 2. The zero-order valence-electron chi connectivity index (χ0n) is 10.6. The third-order valence-corrected chi connectivity index (χ3v) is 3.85. The highest BCUT2D eigenvalue weighted by Crippen LogP contribution is 2.20. The maximum Gasteiger partial charge on any atom is 0.224 e. The highest BCUT2D eigenvalue weighted by atomic mass is 35.5. The van der Waals surface area contributed by atoms with E-state index in [1.165, 1.54) is 0 Å². The highest BCUT2D eigenvalue weighted by molar-refractivity contribution is 5.85. The Labute approximate surface area is 105 Å². The molecule has 0 saturated carbocycles. The molecule has 1 fully saturated rings. The minimum atomic E-state index is 0. The molecule has 1 saturated heterocycles. The van der Waals surface area contributed by atoms with Gasteiger partial charge in [-0.25, -0.2) is 0 Å². The van der Waals surface area contributed by atoms with Gasteiger partial charge in [0.1, 0.15) is 0 Å². The summed E-state index contributed by atoms with van der Waals surface area (Å²) in [5.41, 5.74) is 0.0275. The van der Waals surface area contributed by atoms with Crippen LogP contribution in [0, 0.1) is 5.92 Å². The van der Waals surface area contributed by atoms with Gasteiger partial charge in [-0.05, 0) is 32.2 Å². The average Bonchev–Trinajstić information content (AvgIpc) is 2.79. The Morgan fingerprint density at radius 2 is 1.88 bits per heavy atom. The van der Waals surface area contributed by atoms with Crippen molar-refractivity contribution >= 4 is 18.3 Å². The first-order valence-electron chi connectivity index (χ1n) is 6.20. The Morgan fingerprint density at radius 1 is 1.31 bits per heavy atom. The molecule has 0 aromatic heterocycles. The van der Waals surface area contributed by atoms with Crippen LogP contribution in [0.15, 0.2) is 0 Å². The summed E-state index contributed by atoms with van der Waals surface area (Å²) in [6.45, 7) is 8.29. The molecule has 3 nitrogen and oxygen atoms in total. The maximum absolute atomic E-state index is 12.0. The lowest BCUT2D eigenvalue weighted by Gasteiger charge is -2.32. The van der Waals surface area contributed by atoms with E-state index < -0.39 is 0 Å². The molecule has 2 N–H and O–H groups in total. The van der Waals surface area contributed by atoms with Crippen LogP contribution in [0.2, 0.25) is 0 Å². The standard InChI is InChI=1S/C12H24N2O.ClH/c1-4-12(5-2,6-3)14-11(15)10-7-8-13-9-10;/h10,13H,4-9H2,1-3H3,(H,14,15);1H/t10-;/m0./s1. The third-order valence-electron chi connectivity index (χ3n) is 3.85. The van der Waals surface area contributed by atoms with Crippen molar-refractivity contribution in [2.45, 2.75) is 52.0 Å². The van der Waals surface area contributed by atoms with Gasteiger partial charge in [0.2, 0.25) is 5.91 Å². The van der Waals surface area contributed by atoms with Crippen LogP contribution in [0.4, 0.5) is 0 Å². The van der Waals surface area contributed by atoms with Gasteiger partial charge in [0.15, 0.2) is 0 Å². The van der Waals surface area contributed by atoms with Crippen LogP contribution >= 0.6 is 12.4 Å². The molecule has 1 heterocycles. The second-order valence-electron chi connectivity index (χ2n) is 4.52. The van der Waals surface area contributed by atoms with E-state index in [2.05, 4.69) is 31.4 Å². The molecular formula is C12H25ClN2O. The predicted molar refractivity (Wildman–Crippen MR) is 70.0 cm³/mol. The monoisotopic (exact) mass is 248 g/mol. The van der Waals surface area contributed by atoms with Gasteiger partial charge >= 0.3 is 0 Å². The molecule has 0 aliphatic carbocycles. The van der Waals surface area contributed by atoms with Crippen molar-refractivity contribution in [3.63, 3.8) is 0 Å². The molecule has 0 bridgehead atoms. The van der Waals surface area contributed by atoms with Crippen molar-refractivity contribution in [3.8, 4) is 0 Å². The molecule has 0 spiro atoms. The molecule has 0 radical (unpaired) electrons. The van der Waals surface area contributed by atoms with Gasteiger partial charge in [-0.2, -0.15) is 0 Å². The summed E-state index contributed by atoms with van der Waals surface area (Å²) in [4.78, 5) is 12.0. The van der Waals surface area contributed by atoms with Gasteiger partial charge in [0.05, 0.1) is 5.92 Å². The summed E-state index contributed by atoms with van der Waals surface area (Å²) in [7, 11) is 0. The molecule has 96 valence electrons. The molecule has 1 aliphatic heterocycles. The zero-order valence-corrected chi connectivity index (χ0v) is 11.5. The van der Waals surface area contributed by atoms with E-state index in [0.29, 0.717) is 0 Å². The molecule has 1 amide bonds. The predicted octanol–water partition coefficient (Wildman–Crippen LogP) is 2.10. The van der Waals surface area contributed by atoms with Gasteiger partial charge in [0, 0.05) is 12.1 Å². The minimum Gasteiger partial charge on any atom is -0.350 e. The summed E-state index contributed by atoms with van der Waals surface area (Å²) < 4.78 is 0. The zero-order chi connectivity index (χ0) is 11.3. The number of halogens is 1. The van der Waals surface area contributed by atoms with E-state index in [4.69, 9.17) is 0 Å². The summed E-state index contributed by atoms with van der Waals surface area (Å²) in [5.74, 6) is 0.430. The van der Waals surface area contributed by atoms with Crippen LogP contribution in [0.3, 0.4) is 0 Å². The SMILES string of the molecule is CCC(CC)(CC)NC(=O)[C@H]1CCNC1.Cl. The van der Waals surface area contributed by atoms with Crippen LogP contribution in [0.5, 0.6) is 0 Å². The largest absolute Gasteiger partial charge is 0.350 e. The number of carbonyl (C=O) groups is 1. The maximum atomic E-state index is 12.0. The summed E-state index contributed by atoms with van der Waals surface area (Å²) >= 11 is 0. The summed E-state index contributed by atoms with van der Waals surface area (Å²) in [6, 6.07) is 0. The van der Waals surface area contributed by atoms with Crippen molar-refractivity contribution in [2.75, 3.05) is 13.1 Å². The molecule has 1 atom stereocenters. The first kappa shape index (κ1) is 15.7. The van der Waals surface area contributed by atoms with Crippen molar-refractivity contribution in [1.29, 1.82) is 0 Å². The summed E-state index contributed by atoms with van der Waals surface area (Å²) in [6.07, 6.45) is 4.04. The Morgan fingerprint density at radius 3 is 2.25 bits per heavy atom. The number of carbonyl (C=O) groups excluding carboxylic acids is 1. The molecular weight excluding hydrogens is 224 g/mol. The Bertz CT molecular complexity index is 203. The van der Waals surface area contributed by atoms with Gasteiger partial charge in [0.25, 0.3) is 0 Å². The molecule has 0 aromatic rings. The molecule has 0 aromatic carbocycles. The number of hydrogen-bond donors (Lipinski definition) is 2. The molecule has 0 unspecified atom stereocenters. The Balaban J connectivity index is 0.00000225. The lowest BCUT2D eigenvalue weighted by molar-refractivity contribution is -0.126. The number of nitrogens with one attached hydrogen (secondary N) is 2. The van der Waals surface area contributed by atoms with Gasteiger partial charge in [-0.1, -0.05) is 20.8 Å². The lowest BCUT2D eigenvalue weighted by atomic mass is 9.89. The van der Waals surface area contributed by atoms with E-state index in [0.717, 1.165) is 38.8 Å². The van der Waals surface area contributed by atoms with E-state index in [-0.39, 0.29) is 29.8 Å². The lowest BCUT2D eigenvalue weighted by Crippen LogP contribution is -2.49. The van der Waals surface area contributed by atoms with Gasteiger partial charge in [-0.15, -0.1) is 12.4 Å². The van der Waals surface area contributed by atoms with E-state index >= 15 is 0 Å². The van der Waals surface area contributed by atoms with Crippen LogP contribution in [0.1, 0.15) is 46.5 Å². The minimum absolute atomic E-state index is 0. The Hall–Kier alpha value is -0.280. The van der Waals surface area contributed by atoms with Crippen molar-refractivity contribution in [1.82, 2.24) is 10.6 Å². The third kappa shape index (κ3) is 3.63. The van der Waals surface area contributed by atoms with E-state index in [9.17, 15) is 4.79 Å². The van der Waals surface area contributed by atoms with Crippen LogP contribution in [-0.2, 0) is 4.79 Å². The van der Waals surface area contributed by atoms with E-state index in [1.807, 2.05) is 0 Å². The normalized spacial score (nSPS) is 20.3. The molecule has 1 rings (SSSR count). The van der Waals surface area contributed by atoms with Crippen molar-refractivity contribution in [2.24, 2.45) is 5.92 Å². The second-order valence-corrected chi connectivity index (χ2v) is 4.52. The van der Waals surface area contributed by atoms with Crippen LogP contribution < -0.4 is 10.6 Å². The Kier molecular flexibility index (Phi) is 7.00. The molecule has 4 heteroatoms. The van der Waals surface area contributed by atoms with Crippen molar-refractivity contribution < 1.29 is 4.79 Å². The highest BCUT2D eigenvalue weighted by Gasteiger charge is 2.30. The molecule has 16 heavy (non-hydrogen) atoms. The first-order valence-corrected chi connectivity index (χ1v) is 6.20. The van der Waals surface area contributed by atoms with Gasteiger partial charge in [-0.3, -0.25) is 4.79 Å². The second kappa shape index (κ2) is 7.13. The fraction of sp³-hybridized carbons (Fsp3) is 0.917. The van der Waals surface area contributed by atoms with E-state index in [1.54, 1.807) is 0 Å². The fourth-order valence-electron chi connectivity index (χ4n) is 2.26. The average molecular weight is 249 g/mol. The quantitative estimate of drug-likeness (QED) is 0.783. The van der Waals surface area contributed by atoms with Crippen molar-refractivity contribution in [3.05, 3.63) is 0 Å². The smallest absolute Gasteiger partial charge is 0.224 e. The topological polar surface area (TPSA) is 41.1 Å². The molecule has 1 aliphatic rings. The number of rotatable bonds is 5. The fourth-order valence-corrected chi connectivity index (χ4v) is 2.26.